The van der Waals surface area contributed by atoms with E-state index in [1.165, 1.54) is 10.4 Å². The second kappa shape index (κ2) is 8.89. The summed E-state index contributed by atoms with van der Waals surface area (Å²) in [5.74, 6) is -0.708. The molecule has 1 amide bonds. The van der Waals surface area contributed by atoms with Crippen molar-refractivity contribution in [2.24, 2.45) is 0 Å². The molecule has 0 unspecified atom stereocenters. The second-order valence-electron chi connectivity index (χ2n) is 7.83. The van der Waals surface area contributed by atoms with Crippen molar-refractivity contribution in [3.8, 4) is 0 Å². The molecule has 1 heterocycles. The number of aryl methyl sites for hydroxylation is 2. The van der Waals surface area contributed by atoms with E-state index >= 15 is 0 Å². The number of nitrogens with zero attached hydrogens (tertiary/aromatic N) is 1. The van der Waals surface area contributed by atoms with Crippen molar-refractivity contribution in [1.82, 2.24) is 0 Å². The van der Waals surface area contributed by atoms with Crippen LogP contribution in [0.1, 0.15) is 22.3 Å². The Balaban J connectivity index is 2.01. The number of hydrogen-bond donors (Lipinski definition) is 1. The van der Waals surface area contributed by atoms with E-state index in [9.17, 15) is 13.2 Å². The van der Waals surface area contributed by atoms with E-state index < -0.39 is 15.9 Å². The molecule has 0 saturated heterocycles. The van der Waals surface area contributed by atoms with E-state index in [-0.39, 0.29) is 11.4 Å². The Morgan fingerprint density at radius 3 is 2.45 bits per heavy atom. The van der Waals surface area contributed by atoms with Gasteiger partial charge in [0.15, 0.2) is 4.91 Å². The van der Waals surface area contributed by atoms with Crippen LogP contribution in [0.3, 0.4) is 0 Å². The maximum absolute atomic E-state index is 13.8. The Kier molecular flexibility index (Phi) is 6.15. The van der Waals surface area contributed by atoms with Gasteiger partial charge in [0.1, 0.15) is 0 Å². The van der Waals surface area contributed by atoms with Crippen LogP contribution in [-0.2, 0) is 14.8 Å². The number of fused-ring (bicyclic) bond motifs is 1. The summed E-state index contributed by atoms with van der Waals surface area (Å²) in [5.41, 5.74) is 4.36. The van der Waals surface area contributed by atoms with Crippen molar-refractivity contribution < 1.29 is 13.2 Å². The average molecular weight is 479 g/mol. The molecule has 0 radical (unpaired) electrons. The summed E-state index contributed by atoms with van der Waals surface area (Å²) in [6.45, 7) is 7.53. The highest BCUT2D eigenvalue weighted by molar-refractivity contribution is 7.97. The maximum Gasteiger partial charge on any atom is 0.270 e. The molecule has 4 rings (SSSR count). The molecule has 0 bridgehead atoms. The lowest BCUT2D eigenvalue weighted by molar-refractivity contribution is -0.112. The van der Waals surface area contributed by atoms with Crippen LogP contribution < -0.4 is 9.62 Å². The van der Waals surface area contributed by atoms with Crippen LogP contribution in [0.25, 0.3) is 5.57 Å². The Bertz CT molecular complexity index is 1400. The maximum atomic E-state index is 13.8. The van der Waals surface area contributed by atoms with Gasteiger partial charge in [-0.25, -0.2) is 8.42 Å². The first kappa shape index (κ1) is 22.8. The van der Waals surface area contributed by atoms with Crippen LogP contribution >= 0.6 is 11.6 Å². The van der Waals surface area contributed by atoms with Crippen LogP contribution in [0.4, 0.5) is 11.4 Å². The van der Waals surface area contributed by atoms with Crippen molar-refractivity contribution in [2.45, 2.75) is 13.8 Å². The second-order valence-corrected chi connectivity index (χ2v) is 10.1. The monoisotopic (exact) mass is 478 g/mol. The molecule has 3 aromatic rings. The highest BCUT2D eigenvalue weighted by Crippen LogP contribution is 2.44. The molecule has 1 aliphatic heterocycles. The molecule has 168 valence electrons. The first-order chi connectivity index (χ1) is 15.7. The van der Waals surface area contributed by atoms with Crippen molar-refractivity contribution in [3.05, 3.63) is 112 Å². The summed E-state index contributed by atoms with van der Waals surface area (Å²) < 4.78 is 28.9. The third-order valence-electron chi connectivity index (χ3n) is 5.47. The van der Waals surface area contributed by atoms with Crippen molar-refractivity contribution in [2.75, 3.05) is 16.2 Å². The lowest BCUT2D eigenvalue weighted by Crippen LogP contribution is -2.40. The first-order valence-electron chi connectivity index (χ1n) is 10.4. The smallest absolute Gasteiger partial charge is 0.270 e. The van der Waals surface area contributed by atoms with E-state index in [1.54, 1.807) is 48.5 Å². The van der Waals surface area contributed by atoms with Gasteiger partial charge in [0.2, 0.25) is 0 Å². The zero-order valence-electron chi connectivity index (χ0n) is 18.3. The van der Waals surface area contributed by atoms with Gasteiger partial charge in [-0.15, -0.1) is 6.58 Å². The van der Waals surface area contributed by atoms with E-state index in [0.717, 1.165) is 11.1 Å². The van der Waals surface area contributed by atoms with Gasteiger partial charge in [-0.2, -0.15) is 0 Å². The van der Waals surface area contributed by atoms with Gasteiger partial charge >= 0.3 is 0 Å². The van der Waals surface area contributed by atoms with E-state index in [2.05, 4.69) is 11.9 Å². The molecular formula is C26H23ClN2O3S. The quantitative estimate of drug-likeness (QED) is 0.479. The Hall–Kier alpha value is -3.35. The zero-order valence-corrected chi connectivity index (χ0v) is 19.9. The van der Waals surface area contributed by atoms with Crippen molar-refractivity contribution in [1.29, 1.82) is 0 Å². The number of carbonyl (C=O) groups excluding carboxylic acids is 1. The number of amides is 1. The number of benzene rings is 3. The van der Waals surface area contributed by atoms with Crippen LogP contribution in [0.5, 0.6) is 0 Å². The normalized spacial score (nSPS) is 14.6. The molecule has 3 aromatic carbocycles. The highest BCUT2D eigenvalue weighted by Gasteiger charge is 2.41. The molecule has 33 heavy (non-hydrogen) atoms. The van der Waals surface area contributed by atoms with Crippen LogP contribution in [0, 0.1) is 13.8 Å². The summed E-state index contributed by atoms with van der Waals surface area (Å²) in [4.78, 5) is 13.3. The van der Waals surface area contributed by atoms with Crippen molar-refractivity contribution in [3.63, 3.8) is 0 Å². The molecule has 0 atom stereocenters. The third kappa shape index (κ3) is 4.19. The molecule has 0 spiro atoms. The number of halogens is 1. The number of hydrogen-bond acceptors (Lipinski definition) is 3. The fraction of sp³-hybridized carbons (Fsp3) is 0.115. The molecule has 0 fully saturated rings. The minimum atomic E-state index is -4.20. The average Bonchev–Trinajstić information content (AvgIpc) is 2.77. The van der Waals surface area contributed by atoms with Gasteiger partial charge in [-0.1, -0.05) is 65.7 Å². The standard InChI is InChI=1S/C26H23ClN2O3S/c1-4-14-29-23-13-11-20(27)16-21(23)24(19-8-6-5-7-9-19)25(33(29,31)32)26(30)28-22-12-10-17(2)15-18(22)3/h4-13,15-16H,1,14H2,2-3H3,(H,28,30). The molecule has 0 saturated carbocycles. The zero-order chi connectivity index (χ0) is 23.8. The number of nitrogens with one attached hydrogen (secondary N) is 1. The Morgan fingerprint density at radius 1 is 1.06 bits per heavy atom. The van der Waals surface area contributed by atoms with Crippen LogP contribution in [0.2, 0.25) is 5.02 Å². The van der Waals surface area contributed by atoms with Gasteiger partial charge in [-0.3, -0.25) is 9.10 Å². The minimum Gasteiger partial charge on any atom is -0.321 e. The Labute approximate surface area is 199 Å². The predicted octanol–water partition coefficient (Wildman–Crippen LogP) is 5.69. The van der Waals surface area contributed by atoms with E-state index in [4.69, 9.17) is 11.6 Å². The molecular weight excluding hydrogens is 456 g/mol. The van der Waals surface area contributed by atoms with Crippen molar-refractivity contribution >= 4 is 44.5 Å². The molecule has 1 N–H and O–H groups in total. The fourth-order valence-corrected chi connectivity index (χ4v) is 5.87. The van der Waals surface area contributed by atoms with Gasteiger partial charge in [0, 0.05) is 21.8 Å². The molecule has 0 aliphatic carbocycles. The minimum absolute atomic E-state index is 0.0133. The lowest BCUT2D eigenvalue weighted by atomic mass is 9.95. The molecule has 0 aromatic heterocycles. The summed E-state index contributed by atoms with van der Waals surface area (Å²) in [5, 5.41) is 3.25. The summed E-state index contributed by atoms with van der Waals surface area (Å²) >= 11 is 6.31. The van der Waals surface area contributed by atoms with Gasteiger partial charge in [0.05, 0.1) is 12.2 Å². The van der Waals surface area contributed by atoms with Gasteiger partial charge < -0.3 is 5.32 Å². The number of anilines is 2. The predicted molar refractivity (Wildman–Crippen MR) is 135 cm³/mol. The fourth-order valence-electron chi connectivity index (χ4n) is 3.99. The molecule has 5 nitrogen and oxygen atoms in total. The number of sulfonamides is 1. The first-order valence-corrected chi connectivity index (χ1v) is 12.2. The summed E-state index contributed by atoms with van der Waals surface area (Å²) in [6.07, 6.45) is 1.49. The largest absolute Gasteiger partial charge is 0.321 e. The van der Waals surface area contributed by atoms with Crippen LogP contribution in [-0.4, -0.2) is 20.9 Å². The topological polar surface area (TPSA) is 66.5 Å². The van der Waals surface area contributed by atoms with E-state index in [0.29, 0.717) is 33.1 Å². The number of carbonyl (C=O) groups is 1. The van der Waals surface area contributed by atoms with Gasteiger partial charge in [0.25, 0.3) is 15.9 Å². The summed E-state index contributed by atoms with van der Waals surface area (Å²) in [7, 11) is -4.20. The van der Waals surface area contributed by atoms with E-state index in [1.807, 2.05) is 32.0 Å². The SMILES string of the molecule is C=CCN1c2ccc(Cl)cc2C(c2ccccc2)=C(C(=O)Nc2ccc(C)cc2C)S1(=O)=O. The Morgan fingerprint density at radius 2 is 1.79 bits per heavy atom. The third-order valence-corrected chi connectivity index (χ3v) is 7.53. The highest BCUT2D eigenvalue weighted by atomic mass is 35.5. The number of rotatable bonds is 5. The van der Waals surface area contributed by atoms with Gasteiger partial charge in [-0.05, 0) is 49.2 Å². The lowest BCUT2D eigenvalue weighted by Gasteiger charge is -2.33. The summed E-state index contributed by atoms with van der Waals surface area (Å²) in [6, 6.07) is 19.5. The van der Waals surface area contributed by atoms with Crippen LogP contribution in [0.15, 0.2) is 84.3 Å². The molecule has 1 aliphatic rings. The molecule has 7 heteroatoms.